The lowest BCUT2D eigenvalue weighted by Gasteiger charge is -2.21. The average molecular weight is 344 g/mol. The minimum Gasteiger partial charge on any atom is -0.456 e. The Balaban J connectivity index is 3.34. The highest BCUT2D eigenvalue weighted by atomic mass is 32.2. The van der Waals surface area contributed by atoms with Crippen molar-refractivity contribution in [1.82, 2.24) is 4.31 Å². The van der Waals surface area contributed by atoms with Gasteiger partial charge in [-0.05, 0) is 39.0 Å². The molecule has 130 valence electrons. The predicted molar refractivity (Wildman–Crippen MR) is 88.1 cm³/mol. The fraction of sp³-hybridized carbons (Fsp3) is 0.533. The van der Waals surface area contributed by atoms with Crippen molar-refractivity contribution in [2.45, 2.75) is 31.3 Å². The van der Waals surface area contributed by atoms with Crippen LogP contribution in [0.25, 0.3) is 0 Å². The summed E-state index contributed by atoms with van der Waals surface area (Å²) in [4.78, 5) is 12.4. The van der Waals surface area contributed by atoms with E-state index in [4.69, 9.17) is 9.84 Å². The molecule has 8 heteroatoms. The van der Waals surface area contributed by atoms with Gasteiger partial charge in [0, 0.05) is 26.3 Å². The van der Waals surface area contributed by atoms with E-state index in [2.05, 4.69) is 5.32 Å². The number of nitrogens with one attached hydrogen (secondary N) is 1. The first-order chi connectivity index (χ1) is 10.5. The number of sulfonamides is 1. The molecule has 0 heterocycles. The van der Waals surface area contributed by atoms with Crippen LogP contribution in [0.3, 0.4) is 0 Å². The highest BCUT2D eigenvalue weighted by Gasteiger charge is 2.24. The summed E-state index contributed by atoms with van der Waals surface area (Å²) in [5, 5.41) is 11.8. The van der Waals surface area contributed by atoms with E-state index in [0.717, 1.165) is 4.31 Å². The van der Waals surface area contributed by atoms with Crippen LogP contribution in [0.4, 0.5) is 5.69 Å². The molecule has 0 saturated carbocycles. The molecule has 1 aromatic rings. The van der Waals surface area contributed by atoms with Crippen LogP contribution >= 0.6 is 0 Å². The van der Waals surface area contributed by atoms with Crippen LogP contribution in [0.2, 0.25) is 0 Å². The van der Waals surface area contributed by atoms with Gasteiger partial charge in [-0.15, -0.1) is 0 Å². The maximum absolute atomic E-state index is 12.4. The Kier molecular flexibility index (Phi) is 6.15. The molecule has 23 heavy (non-hydrogen) atoms. The second kappa shape index (κ2) is 7.29. The molecule has 0 aromatic heterocycles. The molecule has 0 atom stereocenters. The Morgan fingerprint density at radius 2 is 1.91 bits per heavy atom. The summed E-state index contributed by atoms with van der Waals surface area (Å²) >= 11 is 0. The lowest BCUT2D eigenvalue weighted by atomic mass is 10.1. The van der Waals surface area contributed by atoms with Crippen molar-refractivity contribution in [3.05, 3.63) is 23.8 Å². The summed E-state index contributed by atoms with van der Waals surface area (Å²) in [5.41, 5.74) is -0.191. The zero-order chi connectivity index (χ0) is 17.8. The minimum absolute atomic E-state index is 0.00194. The van der Waals surface area contributed by atoms with E-state index in [1.54, 1.807) is 20.8 Å². The lowest BCUT2D eigenvalue weighted by Crippen LogP contribution is -2.26. The number of ether oxygens (including phenoxy) is 1. The number of esters is 1. The molecule has 0 radical (unpaired) electrons. The van der Waals surface area contributed by atoms with Crippen molar-refractivity contribution in [3.8, 4) is 0 Å². The summed E-state index contributed by atoms with van der Waals surface area (Å²) in [6.45, 7) is 5.30. The summed E-state index contributed by atoms with van der Waals surface area (Å²) in [5.74, 6) is -0.631. The van der Waals surface area contributed by atoms with Crippen molar-refractivity contribution in [2.24, 2.45) is 0 Å². The molecule has 0 aliphatic carbocycles. The first-order valence-corrected chi connectivity index (χ1v) is 8.57. The molecule has 0 aliphatic rings. The number of rotatable bonds is 6. The third-order valence-corrected chi connectivity index (χ3v) is 4.63. The van der Waals surface area contributed by atoms with Crippen LogP contribution in [0.15, 0.2) is 23.1 Å². The Morgan fingerprint density at radius 1 is 1.30 bits per heavy atom. The highest BCUT2D eigenvalue weighted by Crippen LogP contribution is 2.24. The molecule has 0 unspecified atom stereocenters. The topological polar surface area (TPSA) is 95.9 Å². The van der Waals surface area contributed by atoms with Crippen molar-refractivity contribution in [1.29, 1.82) is 0 Å². The fourth-order valence-corrected chi connectivity index (χ4v) is 2.67. The Hall–Kier alpha value is -1.64. The van der Waals surface area contributed by atoms with Gasteiger partial charge >= 0.3 is 5.97 Å². The zero-order valence-electron chi connectivity index (χ0n) is 14.1. The smallest absolute Gasteiger partial charge is 0.340 e. The lowest BCUT2D eigenvalue weighted by molar-refractivity contribution is 0.00703. The van der Waals surface area contributed by atoms with Crippen LogP contribution in [0.5, 0.6) is 0 Å². The maximum atomic E-state index is 12.4. The summed E-state index contributed by atoms with van der Waals surface area (Å²) in [6.07, 6.45) is 0. The van der Waals surface area contributed by atoms with Gasteiger partial charge in [0.1, 0.15) is 5.60 Å². The summed E-state index contributed by atoms with van der Waals surface area (Å²) < 4.78 is 30.9. The molecule has 7 nitrogen and oxygen atoms in total. The highest BCUT2D eigenvalue weighted by molar-refractivity contribution is 7.89. The van der Waals surface area contributed by atoms with Crippen LogP contribution in [-0.4, -0.2) is 56.6 Å². The molecule has 0 amide bonds. The average Bonchev–Trinajstić information content (AvgIpc) is 2.42. The van der Waals surface area contributed by atoms with E-state index in [1.807, 2.05) is 0 Å². The largest absolute Gasteiger partial charge is 0.456 e. The number of carbonyl (C=O) groups is 1. The number of hydrogen-bond acceptors (Lipinski definition) is 6. The fourth-order valence-electron chi connectivity index (χ4n) is 1.74. The van der Waals surface area contributed by atoms with E-state index >= 15 is 0 Å². The zero-order valence-corrected chi connectivity index (χ0v) is 14.9. The van der Waals surface area contributed by atoms with Gasteiger partial charge < -0.3 is 15.2 Å². The summed E-state index contributed by atoms with van der Waals surface area (Å²) in [7, 11) is -0.831. The van der Waals surface area contributed by atoms with E-state index in [9.17, 15) is 13.2 Å². The standard InChI is InChI=1S/C15H24N2O5S/c1-15(2,3)22-14(19)12-10-11(23(20,21)17(4)5)6-7-13(12)16-8-9-18/h6-7,10,16,18H,8-9H2,1-5H3. The number of aliphatic hydroxyl groups is 1. The van der Waals surface area contributed by atoms with Gasteiger partial charge in [-0.25, -0.2) is 17.5 Å². The number of benzene rings is 1. The van der Waals surface area contributed by atoms with Crippen LogP contribution in [-0.2, 0) is 14.8 Å². The van der Waals surface area contributed by atoms with E-state index in [1.165, 1.54) is 32.3 Å². The quantitative estimate of drug-likeness (QED) is 0.755. The van der Waals surface area contributed by atoms with Crippen molar-refractivity contribution >= 4 is 21.7 Å². The summed E-state index contributed by atoms with van der Waals surface area (Å²) in [6, 6.07) is 4.18. The van der Waals surface area contributed by atoms with Crippen molar-refractivity contribution in [3.63, 3.8) is 0 Å². The van der Waals surface area contributed by atoms with Crippen LogP contribution in [0, 0.1) is 0 Å². The molecule has 0 fully saturated rings. The Morgan fingerprint density at radius 3 is 2.39 bits per heavy atom. The predicted octanol–water partition coefficient (Wildman–Crippen LogP) is 1.30. The van der Waals surface area contributed by atoms with Crippen molar-refractivity contribution in [2.75, 3.05) is 32.6 Å². The van der Waals surface area contributed by atoms with E-state index in [0.29, 0.717) is 5.69 Å². The molecule has 0 saturated heterocycles. The molecular weight excluding hydrogens is 320 g/mol. The molecule has 2 N–H and O–H groups in total. The van der Waals surface area contributed by atoms with Gasteiger partial charge in [-0.3, -0.25) is 0 Å². The first kappa shape index (κ1) is 19.4. The number of nitrogens with zero attached hydrogens (tertiary/aromatic N) is 1. The Bertz CT molecular complexity index is 663. The number of aliphatic hydroxyl groups excluding tert-OH is 1. The molecule has 1 rings (SSSR count). The minimum atomic E-state index is -3.67. The van der Waals surface area contributed by atoms with Gasteiger partial charge in [-0.2, -0.15) is 0 Å². The Labute approximate surface area is 137 Å². The molecular formula is C15H24N2O5S. The SMILES string of the molecule is CN(C)S(=O)(=O)c1ccc(NCCO)c(C(=O)OC(C)(C)C)c1. The second-order valence-electron chi connectivity index (χ2n) is 6.15. The van der Waals surface area contributed by atoms with E-state index in [-0.39, 0.29) is 23.6 Å². The first-order valence-electron chi connectivity index (χ1n) is 7.13. The van der Waals surface area contributed by atoms with Crippen molar-refractivity contribution < 1.29 is 23.1 Å². The van der Waals surface area contributed by atoms with Crippen LogP contribution in [0.1, 0.15) is 31.1 Å². The second-order valence-corrected chi connectivity index (χ2v) is 8.30. The van der Waals surface area contributed by atoms with Gasteiger partial charge in [-0.1, -0.05) is 0 Å². The van der Waals surface area contributed by atoms with Crippen LogP contribution < -0.4 is 5.32 Å². The maximum Gasteiger partial charge on any atom is 0.340 e. The number of anilines is 1. The number of hydrogen-bond donors (Lipinski definition) is 2. The monoisotopic (exact) mass is 344 g/mol. The van der Waals surface area contributed by atoms with E-state index < -0.39 is 21.6 Å². The molecule has 1 aromatic carbocycles. The molecule has 0 aliphatic heterocycles. The normalized spacial score (nSPS) is 12.3. The molecule has 0 bridgehead atoms. The third kappa shape index (κ3) is 5.19. The number of carbonyl (C=O) groups excluding carboxylic acids is 1. The van der Waals surface area contributed by atoms with Gasteiger partial charge in [0.15, 0.2) is 0 Å². The van der Waals surface area contributed by atoms with Gasteiger partial charge in [0.2, 0.25) is 10.0 Å². The van der Waals surface area contributed by atoms with Gasteiger partial charge in [0.25, 0.3) is 0 Å². The molecule has 0 spiro atoms. The van der Waals surface area contributed by atoms with Gasteiger partial charge in [0.05, 0.1) is 17.1 Å². The third-order valence-electron chi connectivity index (χ3n) is 2.82.